The summed E-state index contributed by atoms with van der Waals surface area (Å²) in [6, 6.07) is 4.45. The maximum absolute atomic E-state index is 12.7. The van der Waals surface area contributed by atoms with E-state index in [0.29, 0.717) is 5.56 Å². The number of halogens is 4. The van der Waals surface area contributed by atoms with E-state index >= 15 is 0 Å². The van der Waals surface area contributed by atoms with Gasteiger partial charge in [0.1, 0.15) is 6.54 Å². The van der Waals surface area contributed by atoms with Crippen LogP contribution in [0.2, 0.25) is 0 Å². The number of carbonyl (C=O) groups excluding carboxylic acids is 1. The van der Waals surface area contributed by atoms with Crippen LogP contribution >= 0.6 is 12.4 Å². The van der Waals surface area contributed by atoms with Crippen LogP contribution in [0.3, 0.4) is 0 Å². The quantitative estimate of drug-likeness (QED) is 0.822. The molecule has 0 aromatic heterocycles. The van der Waals surface area contributed by atoms with Crippen LogP contribution in [0.25, 0.3) is 0 Å². The van der Waals surface area contributed by atoms with Crippen molar-refractivity contribution in [1.29, 1.82) is 0 Å². The number of aliphatic carboxylic acids is 1. The van der Waals surface area contributed by atoms with Crippen molar-refractivity contribution >= 4 is 24.3 Å². The number of nitrogens with one attached hydrogen (secondary N) is 1. The molecule has 0 bridgehead atoms. The van der Waals surface area contributed by atoms with Crippen LogP contribution in [0.1, 0.15) is 24.1 Å². The normalized spacial score (nSPS) is 12.4. The number of carbonyl (C=O) groups is 2. The summed E-state index contributed by atoms with van der Waals surface area (Å²) in [6.07, 6.45) is -4.42. The molecule has 0 radical (unpaired) electrons. The van der Waals surface area contributed by atoms with Gasteiger partial charge in [-0.25, -0.2) is 0 Å². The molecule has 2 N–H and O–H groups in total. The van der Waals surface area contributed by atoms with E-state index in [1.165, 1.54) is 11.0 Å². The summed E-state index contributed by atoms with van der Waals surface area (Å²) in [5.41, 5.74) is -0.330. The third-order valence-corrected chi connectivity index (χ3v) is 3.19. The Morgan fingerprint density at radius 3 is 2.48 bits per heavy atom. The third kappa shape index (κ3) is 6.87. The zero-order valence-electron chi connectivity index (χ0n) is 12.6. The van der Waals surface area contributed by atoms with E-state index in [4.69, 9.17) is 5.11 Å². The zero-order chi connectivity index (χ0) is 16.9. The SMILES string of the molecule is CC(c1cccc(C(F)(F)F)c1)N(C)CC(=O)NCC(=O)O.Cl. The smallest absolute Gasteiger partial charge is 0.416 e. The molecule has 1 aromatic carbocycles. The summed E-state index contributed by atoms with van der Waals surface area (Å²) in [5.74, 6) is -1.68. The number of amides is 1. The van der Waals surface area contributed by atoms with Gasteiger partial charge in [-0.15, -0.1) is 12.4 Å². The summed E-state index contributed by atoms with van der Waals surface area (Å²) in [6.45, 7) is 1.05. The fourth-order valence-corrected chi connectivity index (χ4v) is 1.82. The Morgan fingerprint density at radius 2 is 1.96 bits per heavy atom. The molecule has 0 saturated heterocycles. The van der Waals surface area contributed by atoms with E-state index in [0.717, 1.165) is 12.1 Å². The molecule has 1 atom stereocenters. The Balaban J connectivity index is 0.00000484. The summed E-state index contributed by atoms with van der Waals surface area (Å²) in [7, 11) is 1.57. The lowest BCUT2D eigenvalue weighted by atomic mass is 10.0. The summed E-state index contributed by atoms with van der Waals surface area (Å²) >= 11 is 0. The van der Waals surface area contributed by atoms with Crippen LogP contribution in [0.5, 0.6) is 0 Å². The van der Waals surface area contributed by atoms with Gasteiger partial charge < -0.3 is 10.4 Å². The molecule has 0 aliphatic carbocycles. The first-order chi connectivity index (χ1) is 10.1. The average molecular weight is 355 g/mol. The highest BCUT2D eigenvalue weighted by Gasteiger charge is 2.31. The highest BCUT2D eigenvalue weighted by Crippen LogP contribution is 2.31. The predicted octanol–water partition coefficient (Wildman–Crippen LogP) is 2.32. The lowest BCUT2D eigenvalue weighted by molar-refractivity contribution is -0.138. The van der Waals surface area contributed by atoms with Crippen LogP contribution in [0, 0.1) is 0 Å². The number of benzene rings is 1. The molecule has 0 aliphatic heterocycles. The molecule has 1 rings (SSSR count). The van der Waals surface area contributed by atoms with Crippen molar-refractivity contribution < 1.29 is 27.9 Å². The van der Waals surface area contributed by atoms with Gasteiger partial charge in [-0.05, 0) is 31.7 Å². The van der Waals surface area contributed by atoms with Crippen LogP contribution in [0.4, 0.5) is 13.2 Å². The van der Waals surface area contributed by atoms with Crippen LogP contribution in [-0.4, -0.2) is 42.0 Å². The fraction of sp³-hybridized carbons (Fsp3) is 0.429. The minimum atomic E-state index is -4.42. The van der Waals surface area contributed by atoms with Crippen molar-refractivity contribution in [1.82, 2.24) is 10.2 Å². The second-order valence-corrected chi connectivity index (χ2v) is 4.88. The Kier molecular flexibility index (Phi) is 8.05. The molecule has 0 saturated carbocycles. The second kappa shape index (κ2) is 8.73. The van der Waals surface area contributed by atoms with Crippen molar-refractivity contribution in [3.63, 3.8) is 0 Å². The second-order valence-electron chi connectivity index (χ2n) is 4.88. The van der Waals surface area contributed by atoms with E-state index in [1.807, 2.05) is 0 Å². The van der Waals surface area contributed by atoms with E-state index < -0.39 is 36.2 Å². The molecular formula is C14H18ClF3N2O3. The van der Waals surface area contributed by atoms with Crippen molar-refractivity contribution in [2.75, 3.05) is 20.1 Å². The third-order valence-electron chi connectivity index (χ3n) is 3.19. The molecule has 1 aromatic rings. The standard InChI is InChI=1S/C14H17F3N2O3.ClH/c1-9(19(2)8-12(20)18-7-13(21)22)10-4-3-5-11(6-10)14(15,16)17;/h3-6,9H,7-8H2,1-2H3,(H,18,20)(H,21,22);1H. The molecular weight excluding hydrogens is 337 g/mol. The maximum Gasteiger partial charge on any atom is 0.416 e. The van der Waals surface area contributed by atoms with Crippen molar-refractivity contribution in [3.05, 3.63) is 35.4 Å². The number of hydrogen-bond donors (Lipinski definition) is 2. The van der Waals surface area contributed by atoms with Crippen molar-refractivity contribution in [2.24, 2.45) is 0 Å². The minimum Gasteiger partial charge on any atom is -0.480 e. The monoisotopic (exact) mass is 354 g/mol. The molecule has 5 nitrogen and oxygen atoms in total. The predicted molar refractivity (Wildman–Crippen MR) is 80.4 cm³/mol. The lowest BCUT2D eigenvalue weighted by Gasteiger charge is -2.25. The molecule has 0 fully saturated rings. The highest BCUT2D eigenvalue weighted by atomic mass is 35.5. The van der Waals surface area contributed by atoms with Crippen LogP contribution in [-0.2, 0) is 15.8 Å². The van der Waals surface area contributed by atoms with Crippen LogP contribution in [0.15, 0.2) is 24.3 Å². The van der Waals surface area contributed by atoms with E-state index in [-0.39, 0.29) is 19.0 Å². The number of rotatable bonds is 6. The number of carboxylic acid groups (broad SMARTS) is 1. The van der Waals surface area contributed by atoms with Gasteiger partial charge in [0.05, 0.1) is 12.1 Å². The summed E-state index contributed by atoms with van der Waals surface area (Å²) < 4.78 is 38.1. The van der Waals surface area contributed by atoms with Gasteiger partial charge in [-0.3, -0.25) is 14.5 Å². The Morgan fingerprint density at radius 1 is 1.35 bits per heavy atom. The zero-order valence-corrected chi connectivity index (χ0v) is 13.4. The largest absolute Gasteiger partial charge is 0.480 e. The fourth-order valence-electron chi connectivity index (χ4n) is 1.82. The molecule has 1 unspecified atom stereocenters. The van der Waals surface area contributed by atoms with Crippen LogP contribution < -0.4 is 5.32 Å². The lowest BCUT2D eigenvalue weighted by Crippen LogP contribution is -2.38. The molecule has 1 amide bonds. The van der Waals surface area contributed by atoms with Gasteiger partial charge in [-0.1, -0.05) is 12.1 Å². The Labute approximate surface area is 137 Å². The van der Waals surface area contributed by atoms with Gasteiger partial charge in [-0.2, -0.15) is 13.2 Å². The summed E-state index contributed by atoms with van der Waals surface area (Å²) in [5, 5.41) is 10.7. The molecule has 23 heavy (non-hydrogen) atoms. The number of carboxylic acids is 1. The minimum absolute atomic E-state index is 0. The van der Waals surface area contributed by atoms with Gasteiger partial charge in [0, 0.05) is 6.04 Å². The number of likely N-dealkylation sites (N-methyl/N-ethyl adjacent to an activating group) is 1. The topological polar surface area (TPSA) is 69.6 Å². The number of hydrogen-bond acceptors (Lipinski definition) is 3. The Hall–Kier alpha value is -1.80. The summed E-state index contributed by atoms with van der Waals surface area (Å²) in [4.78, 5) is 23.4. The maximum atomic E-state index is 12.7. The average Bonchev–Trinajstić information content (AvgIpc) is 2.43. The van der Waals surface area contributed by atoms with Crippen molar-refractivity contribution in [2.45, 2.75) is 19.1 Å². The van der Waals surface area contributed by atoms with Gasteiger partial charge >= 0.3 is 12.1 Å². The molecule has 0 aliphatic rings. The molecule has 0 spiro atoms. The highest BCUT2D eigenvalue weighted by molar-refractivity contribution is 5.85. The first kappa shape index (κ1) is 21.2. The Bertz CT molecular complexity index is 552. The van der Waals surface area contributed by atoms with Gasteiger partial charge in [0.15, 0.2) is 0 Å². The van der Waals surface area contributed by atoms with E-state index in [9.17, 15) is 22.8 Å². The van der Waals surface area contributed by atoms with E-state index in [1.54, 1.807) is 20.0 Å². The van der Waals surface area contributed by atoms with Gasteiger partial charge in [0.25, 0.3) is 0 Å². The van der Waals surface area contributed by atoms with Gasteiger partial charge in [0.2, 0.25) is 5.91 Å². The first-order valence-corrected chi connectivity index (χ1v) is 6.47. The van der Waals surface area contributed by atoms with Crippen molar-refractivity contribution in [3.8, 4) is 0 Å². The number of alkyl halides is 3. The molecule has 9 heteroatoms. The first-order valence-electron chi connectivity index (χ1n) is 6.47. The molecule has 130 valence electrons. The van der Waals surface area contributed by atoms with E-state index in [2.05, 4.69) is 5.32 Å². The molecule has 0 heterocycles. The number of nitrogens with zero attached hydrogens (tertiary/aromatic N) is 1.